The first-order valence-corrected chi connectivity index (χ1v) is 9.39. The Morgan fingerprint density at radius 2 is 1.96 bits per heavy atom. The van der Waals surface area contributed by atoms with Crippen LogP contribution in [0, 0.1) is 5.92 Å². The minimum atomic E-state index is -0.820. The van der Waals surface area contributed by atoms with Crippen LogP contribution in [0.4, 0.5) is 0 Å². The summed E-state index contributed by atoms with van der Waals surface area (Å²) in [6, 6.07) is 9.00. The average molecular weight is 375 g/mol. The molecule has 27 heavy (non-hydrogen) atoms. The molecule has 2 unspecified atom stereocenters. The zero-order valence-electron chi connectivity index (χ0n) is 16.2. The van der Waals surface area contributed by atoms with Gasteiger partial charge in [0.15, 0.2) is 0 Å². The number of benzene rings is 1. The van der Waals surface area contributed by atoms with Gasteiger partial charge in [0.1, 0.15) is 6.04 Å². The predicted molar refractivity (Wildman–Crippen MR) is 102 cm³/mol. The van der Waals surface area contributed by atoms with E-state index in [0.29, 0.717) is 19.7 Å². The molecule has 1 aliphatic heterocycles. The molecular weight excluding hydrogens is 346 g/mol. The summed E-state index contributed by atoms with van der Waals surface area (Å²) < 4.78 is 5.17. The third kappa shape index (κ3) is 6.36. The third-order valence-electron chi connectivity index (χ3n) is 4.45. The molecule has 0 aliphatic carbocycles. The van der Waals surface area contributed by atoms with Crippen molar-refractivity contribution in [2.75, 3.05) is 26.2 Å². The van der Waals surface area contributed by atoms with Crippen molar-refractivity contribution in [3.63, 3.8) is 0 Å². The van der Waals surface area contributed by atoms with Crippen LogP contribution in [0.5, 0.6) is 0 Å². The van der Waals surface area contributed by atoms with E-state index in [1.165, 1.54) is 4.90 Å². The number of hydrogen-bond acceptors (Lipinski definition) is 5. The van der Waals surface area contributed by atoms with Crippen LogP contribution >= 0.6 is 0 Å². The van der Waals surface area contributed by atoms with E-state index < -0.39 is 12.0 Å². The van der Waals surface area contributed by atoms with Crippen molar-refractivity contribution >= 4 is 17.8 Å². The molecule has 0 radical (unpaired) electrons. The maximum atomic E-state index is 12.7. The van der Waals surface area contributed by atoms with Crippen LogP contribution < -0.4 is 10.6 Å². The molecule has 148 valence electrons. The van der Waals surface area contributed by atoms with E-state index in [1.54, 1.807) is 0 Å². The molecule has 1 heterocycles. The van der Waals surface area contributed by atoms with Crippen LogP contribution in [-0.2, 0) is 19.1 Å². The molecule has 0 saturated carbocycles. The summed E-state index contributed by atoms with van der Waals surface area (Å²) in [5.41, 5.74) is 1.08. The number of amides is 2. The van der Waals surface area contributed by atoms with Gasteiger partial charge in [0, 0.05) is 19.1 Å². The fourth-order valence-corrected chi connectivity index (χ4v) is 2.89. The predicted octanol–water partition coefficient (Wildman–Crippen LogP) is 1.25. The quantitative estimate of drug-likeness (QED) is 0.668. The van der Waals surface area contributed by atoms with Gasteiger partial charge in [-0.05, 0) is 18.4 Å². The second kappa shape index (κ2) is 10.1. The summed E-state index contributed by atoms with van der Waals surface area (Å²) in [6.45, 7) is 7.03. The minimum absolute atomic E-state index is 0.00299. The summed E-state index contributed by atoms with van der Waals surface area (Å²) in [4.78, 5) is 38.4. The lowest BCUT2D eigenvalue weighted by molar-refractivity contribution is -0.152. The molecule has 0 aromatic heterocycles. The number of esters is 1. The first-order chi connectivity index (χ1) is 12.9. The fraction of sp³-hybridized carbons (Fsp3) is 0.550. The Bertz CT molecular complexity index is 648. The summed E-state index contributed by atoms with van der Waals surface area (Å²) in [5.74, 6) is -0.758. The number of rotatable bonds is 8. The molecule has 1 saturated heterocycles. The van der Waals surface area contributed by atoms with Crippen molar-refractivity contribution in [3.8, 4) is 0 Å². The van der Waals surface area contributed by atoms with Crippen LogP contribution in [0.3, 0.4) is 0 Å². The molecule has 2 N–H and O–H groups in total. The lowest BCUT2D eigenvalue weighted by atomic mass is 10.1. The Balaban J connectivity index is 1.93. The maximum absolute atomic E-state index is 12.7. The lowest BCUT2D eigenvalue weighted by Crippen LogP contribution is -2.59. The van der Waals surface area contributed by atoms with Gasteiger partial charge in [-0.25, -0.2) is 0 Å². The molecule has 1 aromatic rings. The Labute approximate surface area is 160 Å². The van der Waals surface area contributed by atoms with Gasteiger partial charge in [0.2, 0.25) is 11.8 Å². The van der Waals surface area contributed by atoms with Gasteiger partial charge in [-0.2, -0.15) is 0 Å². The van der Waals surface area contributed by atoms with Crippen LogP contribution in [-0.4, -0.2) is 55.0 Å². The highest BCUT2D eigenvalue weighted by Gasteiger charge is 2.35. The second-order valence-corrected chi connectivity index (χ2v) is 7.19. The number of ether oxygens (including phenoxy) is 1. The van der Waals surface area contributed by atoms with Crippen LogP contribution in [0.1, 0.15) is 38.8 Å². The number of nitrogens with zero attached hydrogens (tertiary/aromatic N) is 1. The highest BCUT2D eigenvalue weighted by atomic mass is 16.5. The Hall–Kier alpha value is -2.41. The highest BCUT2D eigenvalue weighted by molar-refractivity contribution is 5.92. The Morgan fingerprint density at radius 3 is 2.63 bits per heavy atom. The van der Waals surface area contributed by atoms with E-state index in [1.807, 2.05) is 51.1 Å². The van der Waals surface area contributed by atoms with Crippen LogP contribution in [0.25, 0.3) is 0 Å². The summed E-state index contributed by atoms with van der Waals surface area (Å²) in [7, 11) is 0. The van der Waals surface area contributed by atoms with Crippen molar-refractivity contribution in [2.45, 2.75) is 39.3 Å². The number of carbonyl (C=O) groups excluding carboxylic acids is 3. The van der Waals surface area contributed by atoms with E-state index in [4.69, 9.17) is 4.74 Å². The largest absolute Gasteiger partial charge is 0.465 e. The van der Waals surface area contributed by atoms with Crippen molar-refractivity contribution in [1.82, 2.24) is 15.5 Å². The second-order valence-electron chi connectivity index (χ2n) is 7.19. The van der Waals surface area contributed by atoms with Crippen molar-refractivity contribution < 1.29 is 19.1 Å². The normalized spacial score (nSPS) is 18.1. The van der Waals surface area contributed by atoms with E-state index >= 15 is 0 Å². The third-order valence-corrected chi connectivity index (χ3v) is 4.45. The molecular formula is C20H29N3O4. The van der Waals surface area contributed by atoms with Crippen molar-refractivity contribution in [1.29, 1.82) is 0 Å². The maximum Gasteiger partial charge on any atom is 0.308 e. The molecule has 7 nitrogen and oxygen atoms in total. The molecule has 1 aromatic carbocycles. The molecule has 2 amide bonds. The van der Waals surface area contributed by atoms with Crippen LogP contribution in [0.15, 0.2) is 30.3 Å². The Kier molecular flexibility index (Phi) is 7.79. The summed E-state index contributed by atoms with van der Waals surface area (Å²) in [6.07, 6.45) is -0.126. The highest BCUT2D eigenvalue weighted by Crippen LogP contribution is 2.13. The van der Waals surface area contributed by atoms with E-state index in [9.17, 15) is 14.4 Å². The van der Waals surface area contributed by atoms with Crippen LogP contribution in [0.2, 0.25) is 0 Å². The van der Waals surface area contributed by atoms with Gasteiger partial charge in [0.25, 0.3) is 0 Å². The van der Waals surface area contributed by atoms with Gasteiger partial charge in [-0.1, -0.05) is 44.2 Å². The fourth-order valence-electron chi connectivity index (χ4n) is 2.89. The molecule has 1 aliphatic rings. The van der Waals surface area contributed by atoms with Crippen molar-refractivity contribution in [3.05, 3.63) is 35.9 Å². The first-order valence-electron chi connectivity index (χ1n) is 9.39. The molecule has 0 bridgehead atoms. The monoisotopic (exact) mass is 375 g/mol. The standard InChI is InChI=1S/C20H29N3O4/c1-14(2)13-27-19(25)11-17-20(26)21-9-10-23(17)18(24)12-22-15(3)16-7-5-4-6-8-16/h4-8,14-15,17,22H,9-13H2,1-3H3,(H,21,26). The minimum Gasteiger partial charge on any atom is -0.465 e. The smallest absolute Gasteiger partial charge is 0.308 e. The lowest BCUT2D eigenvalue weighted by Gasteiger charge is -2.35. The summed E-state index contributed by atoms with van der Waals surface area (Å²) >= 11 is 0. The van der Waals surface area contributed by atoms with E-state index in [0.717, 1.165) is 5.56 Å². The zero-order chi connectivity index (χ0) is 19.8. The zero-order valence-corrected chi connectivity index (χ0v) is 16.2. The molecule has 0 spiro atoms. The SMILES string of the molecule is CC(C)COC(=O)CC1C(=O)NCCN1C(=O)CNC(C)c1ccccc1. The van der Waals surface area contributed by atoms with Gasteiger partial charge in [-0.15, -0.1) is 0 Å². The van der Waals surface area contributed by atoms with E-state index in [2.05, 4.69) is 10.6 Å². The van der Waals surface area contributed by atoms with Gasteiger partial charge >= 0.3 is 5.97 Å². The van der Waals surface area contributed by atoms with Gasteiger partial charge < -0.3 is 20.3 Å². The molecule has 7 heteroatoms. The molecule has 2 atom stereocenters. The number of carbonyl (C=O) groups is 3. The number of hydrogen-bond donors (Lipinski definition) is 2. The number of nitrogens with one attached hydrogen (secondary N) is 2. The van der Waals surface area contributed by atoms with Crippen molar-refractivity contribution in [2.24, 2.45) is 5.92 Å². The molecule has 2 rings (SSSR count). The summed E-state index contributed by atoms with van der Waals surface area (Å²) in [5, 5.41) is 5.90. The molecule has 1 fully saturated rings. The van der Waals surface area contributed by atoms with Gasteiger partial charge in [-0.3, -0.25) is 14.4 Å². The van der Waals surface area contributed by atoms with Gasteiger partial charge in [0.05, 0.1) is 19.6 Å². The number of piperazine rings is 1. The Morgan fingerprint density at radius 1 is 1.26 bits per heavy atom. The average Bonchev–Trinajstić information content (AvgIpc) is 2.66. The van der Waals surface area contributed by atoms with E-state index in [-0.39, 0.29) is 36.7 Å². The first kappa shape index (κ1) is 20.9. The topological polar surface area (TPSA) is 87.7 Å².